The second-order valence-electron chi connectivity index (χ2n) is 5.90. The molecule has 7 heteroatoms. The Morgan fingerprint density at radius 3 is 2.58 bits per heavy atom. The second-order valence-corrected chi connectivity index (χ2v) is 6.75. The van der Waals surface area contributed by atoms with Crippen molar-refractivity contribution in [2.75, 3.05) is 25.7 Å². The van der Waals surface area contributed by atoms with Crippen LogP contribution in [0.1, 0.15) is 16.8 Å². The van der Waals surface area contributed by atoms with E-state index in [2.05, 4.69) is 21.2 Å². The van der Waals surface area contributed by atoms with Gasteiger partial charge in [-0.1, -0.05) is 12.1 Å². The molecule has 26 heavy (non-hydrogen) atoms. The summed E-state index contributed by atoms with van der Waals surface area (Å²) in [5.41, 5.74) is 1.26. The molecule has 1 heterocycles. The molecule has 1 saturated heterocycles. The fourth-order valence-electron chi connectivity index (χ4n) is 2.96. The van der Waals surface area contributed by atoms with E-state index in [-0.39, 0.29) is 24.3 Å². The standard InChI is InChI=1S/C19H19BrN2O4/c1-25-16-8-7-13(10-17(16)26-2)22-11-12(9-18(22)23)21-19(24)14-5-3-4-6-15(14)20/h3-8,10,12H,9,11H2,1-2H3,(H,21,24). The van der Waals surface area contributed by atoms with E-state index in [0.717, 1.165) is 4.47 Å². The minimum atomic E-state index is -0.254. The molecule has 1 aliphatic rings. The van der Waals surface area contributed by atoms with Gasteiger partial charge in [0, 0.05) is 29.2 Å². The topological polar surface area (TPSA) is 67.9 Å². The van der Waals surface area contributed by atoms with Crippen LogP contribution in [0.2, 0.25) is 0 Å². The summed E-state index contributed by atoms with van der Waals surface area (Å²) in [6, 6.07) is 12.3. The van der Waals surface area contributed by atoms with E-state index in [1.54, 1.807) is 49.5 Å². The summed E-state index contributed by atoms with van der Waals surface area (Å²) >= 11 is 3.37. The highest BCUT2D eigenvalue weighted by Crippen LogP contribution is 2.33. The summed E-state index contributed by atoms with van der Waals surface area (Å²) in [4.78, 5) is 26.5. The van der Waals surface area contributed by atoms with Crippen molar-refractivity contribution in [3.05, 3.63) is 52.5 Å². The molecular formula is C19H19BrN2O4. The van der Waals surface area contributed by atoms with Gasteiger partial charge in [-0.15, -0.1) is 0 Å². The Hall–Kier alpha value is -2.54. The average Bonchev–Trinajstić information content (AvgIpc) is 3.01. The van der Waals surface area contributed by atoms with Crippen LogP contribution in [0.25, 0.3) is 0 Å². The normalized spacial score (nSPS) is 16.5. The molecular weight excluding hydrogens is 400 g/mol. The number of hydrogen-bond donors (Lipinski definition) is 1. The van der Waals surface area contributed by atoms with Gasteiger partial charge in [0.25, 0.3) is 5.91 Å². The van der Waals surface area contributed by atoms with Crippen LogP contribution >= 0.6 is 15.9 Å². The second kappa shape index (κ2) is 7.78. The van der Waals surface area contributed by atoms with Crippen molar-refractivity contribution in [3.8, 4) is 11.5 Å². The third-order valence-corrected chi connectivity index (χ3v) is 4.95. The number of carbonyl (C=O) groups is 2. The minimum Gasteiger partial charge on any atom is -0.493 e. The average molecular weight is 419 g/mol. The summed E-state index contributed by atoms with van der Waals surface area (Å²) < 4.78 is 11.2. The van der Waals surface area contributed by atoms with Crippen LogP contribution in [0.4, 0.5) is 5.69 Å². The molecule has 1 fully saturated rings. The summed E-state index contributed by atoms with van der Waals surface area (Å²) in [6.07, 6.45) is 0.255. The highest BCUT2D eigenvalue weighted by molar-refractivity contribution is 9.10. The van der Waals surface area contributed by atoms with Crippen molar-refractivity contribution >= 4 is 33.4 Å². The lowest BCUT2D eigenvalue weighted by Crippen LogP contribution is -2.37. The number of nitrogens with zero attached hydrogens (tertiary/aromatic N) is 1. The van der Waals surface area contributed by atoms with Gasteiger partial charge in [0.2, 0.25) is 5.91 Å². The van der Waals surface area contributed by atoms with Crippen molar-refractivity contribution in [1.29, 1.82) is 0 Å². The Morgan fingerprint density at radius 2 is 1.88 bits per heavy atom. The molecule has 1 aliphatic heterocycles. The number of carbonyl (C=O) groups excluding carboxylic acids is 2. The number of ether oxygens (including phenoxy) is 2. The minimum absolute atomic E-state index is 0.0466. The van der Waals surface area contributed by atoms with Gasteiger partial charge in [0.05, 0.1) is 25.8 Å². The first-order chi connectivity index (χ1) is 12.5. The molecule has 0 saturated carbocycles. The van der Waals surface area contributed by atoms with Crippen molar-refractivity contribution in [1.82, 2.24) is 5.32 Å². The molecule has 136 valence electrons. The molecule has 0 bridgehead atoms. The first-order valence-corrected chi connectivity index (χ1v) is 8.90. The molecule has 0 aliphatic carbocycles. The third-order valence-electron chi connectivity index (χ3n) is 4.26. The van der Waals surface area contributed by atoms with Gasteiger partial charge in [-0.25, -0.2) is 0 Å². The number of benzene rings is 2. The first kappa shape index (κ1) is 18.3. The van der Waals surface area contributed by atoms with E-state index in [1.807, 2.05) is 12.1 Å². The lowest BCUT2D eigenvalue weighted by molar-refractivity contribution is -0.117. The third kappa shape index (κ3) is 3.67. The van der Waals surface area contributed by atoms with E-state index in [4.69, 9.17) is 9.47 Å². The van der Waals surface area contributed by atoms with Gasteiger partial charge >= 0.3 is 0 Å². The Balaban J connectivity index is 1.73. The Labute approximate surface area is 160 Å². The van der Waals surface area contributed by atoms with Crippen molar-refractivity contribution in [2.24, 2.45) is 0 Å². The maximum absolute atomic E-state index is 12.4. The quantitative estimate of drug-likeness (QED) is 0.809. The van der Waals surface area contributed by atoms with Gasteiger partial charge in [0.15, 0.2) is 11.5 Å². The molecule has 2 aromatic rings. The molecule has 1 unspecified atom stereocenters. The molecule has 3 rings (SSSR count). The monoisotopic (exact) mass is 418 g/mol. The van der Waals surface area contributed by atoms with Crippen molar-refractivity contribution < 1.29 is 19.1 Å². The van der Waals surface area contributed by atoms with Gasteiger partial charge < -0.3 is 19.7 Å². The zero-order valence-electron chi connectivity index (χ0n) is 14.5. The maximum Gasteiger partial charge on any atom is 0.252 e. The zero-order valence-corrected chi connectivity index (χ0v) is 16.1. The van der Waals surface area contributed by atoms with E-state index in [9.17, 15) is 9.59 Å². The van der Waals surface area contributed by atoms with Gasteiger partial charge in [-0.2, -0.15) is 0 Å². The van der Waals surface area contributed by atoms with Crippen LogP contribution < -0.4 is 19.7 Å². The van der Waals surface area contributed by atoms with Gasteiger partial charge in [-0.3, -0.25) is 9.59 Å². The summed E-state index contributed by atoms with van der Waals surface area (Å²) in [5.74, 6) is 0.902. The van der Waals surface area contributed by atoms with E-state index in [0.29, 0.717) is 29.3 Å². The number of rotatable bonds is 5. The lowest BCUT2D eigenvalue weighted by Gasteiger charge is -2.19. The summed E-state index contributed by atoms with van der Waals surface area (Å²) in [6.45, 7) is 0.407. The van der Waals surface area contributed by atoms with Crippen molar-refractivity contribution in [2.45, 2.75) is 12.5 Å². The maximum atomic E-state index is 12.4. The first-order valence-electron chi connectivity index (χ1n) is 8.11. The number of halogens is 1. The number of anilines is 1. The molecule has 0 spiro atoms. The van der Waals surface area contributed by atoms with Gasteiger partial charge in [-0.05, 0) is 40.2 Å². The molecule has 0 aromatic heterocycles. The van der Waals surface area contributed by atoms with E-state index in [1.165, 1.54) is 0 Å². The Bertz CT molecular complexity index is 840. The largest absolute Gasteiger partial charge is 0.493 e. The summed E-state index contributed by atoms with van der Waals surface area (Å²) in [5, 5.41) is 2.93. The SMILES string of the molecule is COc1ccc(N2CC(NC(=O)c3ccccc3Br)CC2=O)cc1OC. The molecule has 1 N–H and O–H groups in total. The molecule has 2 amide bonds. The zero-order chi connectivity index (χ0) is 18.7. The number of nitrogens with one attached hydrogen (secondary N) is 1. The van der Waals surface area contributed by atoms with Crippen molar-refractivity contribution in [3.63, 3.8) is 0 Å². The highest BCUT2D eigenvalue weighted by atomic mass is 79.9. The van der Waals surface area contributed by atoms with Crippen LogP contribution in [-0.2, 0) is 4.79 Å². The van der Waals surface area contributed by atoms with E-state index < -0.39 is 0 Å². The fraction of sp³-hybridized carbons (Fsp3) is 0.263. The Morgan fingerprint density at radius 1 is 1.15 bits per heavy atom. The van der Waals surface area contributed by atoms with E-state index >= 15 is 0 Å². The number of hydrogen-bond acceptors (Lipinski definition) is 4. The fourth-order valence-corrected chi connectivity index (χ4v) is 3.42. The highest BCUT2D eigenvalue weighted by Gasteiger charge is 2.32. The molecule has 2 aromatic carbocycles. The van der Waals surface area contributed by atoms with Gasteiger partial charge in [0.1, 0.15) is 0 Å². The smallest absolute Gasteiger partial charge is 0.252 e. The lowest BCUT2D eigenvalue weighted by atomic mass is 10.2. The predicted octanol–water partition coefficient (Wildman–Crippen LogP) is 3.00. The summed E-state index contributed by atoms with van der Waals surface area (Å²) in [7, 11) is 3.11. The van der Waals surface area contributed by atoms with Crippen LogP contribution in [0.15, 0.2) is 46.9 Å². The molecule has 0 radical (unpaired) electrons. The molecule has 1 atom stereocenters. The van der Waals surface area contributed by atoms with Crippen LogP contribution in [-0.4, -0.2) is 38.6 Å². The van der Waals surface area contributed by atoms with Crippen LogP contribution in [0.3, 0.4) is 0 Å². The molecule has 6 nitrogen and oxygen atoms in total. The number of amides is 2. The predicted molar refractivity (Wildman–Crippen MR) is 102 cm³/mol. The Kier molecular flexibility index (Phi) is 5.46. The van der Waals surface area contributed by atoms with Crippen LogP contribution in [0, 0.1) is 0 Å². The van der Waals surface area contributed by atoms with Crippen LogP contribution in [0.5, 0.6) is 11.5 Å². The number of methoxy groups -OCH3 is 2.